The topological polar surface area (TPSA) is 366 Å². The van der Waals surface area contributed by atoms with Crippen LogP contribution in [0.3, 0.4) is 0 Å². The fourth-order valence-electron chi connectivity index (χ4n) is 14.7. The molecule has 8 fully saturated rings. The first-order valence-corrected chi connectivity index (χ1v) is 26.4. The lowest BCUT2D eigenvalue weighted by Crippen LogP contribution is -2.66. The lowest BCUT2D eigenvalue weighted by Gasteiger charge is -2.61. The Morgan fingerprint density at radius 1 is 0.685 bits per heavy atom. The van der Waals surface area contributed by atoms with Crippen molar-refractivity contribution in [3.8, 4) is 0 Å². The summed E-state index contributed by atoms with van der Waals surface area (Å²) in [5, 5.41) is 151. The van der Waals surface area contributed by atoms with Crippen LogP contribution < -0.4 is 0 Å². The van der Waals surface area contributed by atoms with Gasteiger partial charge in [-0.25, -0.2) is 0 Å². The second-order valence-electron chi connectivity index (χ2n) is 23.5. The van der Waals surface area contributed by atoms with E-state index in [2.05, 4.69) is 19.9 Å². The number of fused-ring (bicyclic) bond motifs is 7. The molecule has 30 unspecified atom stereocenters. The second-order valence-corrected chi connectivity index (χ2v) is 23.5. The molecule has 0 spiro atoms. The van der Waals surface area contributed by atoms with Gasteiger partial charge in [-0.2, -0.15) is 0 Å². The van der Waals surface area contributed by atoms with Crippen LogP contribution in [-0.4, -0.2) is 238 Å². The number of aliphatic hydroxyl groups excluding tert-OH is 12. The van der Waals surface area contributed by atoms with Crippen LogP contribution in [0.4, 0.5) is 0 Å². The van der Waals surface area contributed by atoms with Crippen molar-refractivity contribution in [3.05, 3.63) is 11.6 Å². The lowest BCUT2D eigenvalue weighted by atomic mass is 9.45. The molecular weight excluding hydrogens is 969 g/mol. The Morgan fingerprint density at radius 2 is 1.34 bits per heavy atom. The van der Waals surface area contributed by atoms with Crippen LogP contribution in [0, 0.1) is 40.4 Å². The van der Waals surface area contributed by atoms with Crippen LogP contribution in [0.1, 0.15) is 92.4 Å². The normalized spacial score (nSPS) is 55.5. The fraction of sp³-hybridized carbons (Fsp3) is 0.960. The second kappa shape index (κ2) is 21.5. The maximum absolute atomic E-state index is 13.1. The van der Waals surface area contributed by atoms with Gasteiger partial charge in [0.1, 0.15) is 85.5 Å². The molecule has 23 heteroatoms. The monoisotopic (exact) mass is 1050 g/mol. The first kappa shape index (κ1) is 56.5. The quantitative estimate of drug-likeness (QED) is 0.0760. The highest BCUT2D eigenvalue weighted by molar-refractivity contribution is 5.29. The number of rotatable bonds is 14. The Labute approximate surface area is 424 Å². The predicted octanol–water partition coefficient (Wildman–Crippen LogP) is -3.25. The number of aliphatic hydroxyl groups is 14. The van der Waals surface area contributed by atoms with Crippen molar-refractivity contribution in [3.63, 3.8) is 0 Å². The summed E-state index contributed by atoms with van der Waals surface area (Å²) in [4.78, 5) is 0. The van der Waals surface area contributed by atoms with Crippen molar-refractivity contribution in [2.75, 3.05) is 26.4 Å². The third kappa shape index (κ3) is 9.82. The summed E-state index contributed by atoms with van der Waals surface area (Å²) in [6.07, 6.45) is -21.9. The zero-order valence-electron chi connectivity index (χ0n) is 42.2. The predicted molar refractivity (Wildman–Crippen MR) is 246 cm³/mol. The van der Waals surface area contributed by atoms with Crippen molar-refractivity contribution < 1.29 is 114 Å². The van der Waals surface area contributed by atoms with E-state index in [-0.39, 0.29) is 47.7 Å². The van der Waals surface area contributed by atoms with E-state index in [4.69, 9.17) is 42.6 Å². The van der Waals surface area contributed by atoms with E-state index in [1.807, 2.05) is 13.8 Å². The van der Waals surface area contributed by atoms with Crippen molar-refractivity contribution >= 4 is 0 Å². The van der Waals surface area contributed by atoms with Crippen molar-refractivity contribution in [1.82, 2.24) is 0 Å². The van der Waals surface area contributed by atoms with Crippen LogP contribution in [0.2, 0.25) is 0 Å². The fourth-order valence-corrected chi connectivity index (χ4v) is 14.7. The molecule has 14 N–H and O–H groups in total. The molecule has 0 aromatic heterocycles. The highest BCUT2D eigenvalue weighted by Gasteiger charge is 2.74. The number of allylic oxidation sites excluding steroid dienone is 1. The molecule has 23 nitrogen and oxygen atoms in total. The highest BCUT2D eigenvalue weighted by atomic mass is 16.8. The number of hydrogen-bond acceptors (Lipinski definition) is 23. The van der Waals surface area contributed by atoms with Crippen LogP contribution in [0.5, 0.6) is 0 Å². The largest absolute Gasteiger partial charge is 0.394 e. The van der Waals surface area contributed by atoms with Gasteiger partial charge in [-0.3, -0.25) is 0 Å². The Balaban J connectivity index is 0.857. The van der Waals surface area contributed by atoms with Crippen LogP contribution in [-0.2, 0) is 42.6 Å². The van der Waals surface area contributed by atoms with Gasteiger partial charge in [0.2, 0.25) is 0 Å². The van der Waals surface area contributed by atoms with Gasteiger partial charge in [0.25, 0.3) is 0 Å². The molecule has 30 atom stereocenters. The summed E-state index contributed by atoms with van der Waals surface area (Å²) in [5.41, 5.74) is -0.830. The third-order valence-corrected chi connectivity index (χ3v) is 19.3. The molecule has 9 aliphatic rings. The molecule has 0 radical (unpaired) electrons. The average Bonchev–Trinajstić information content (AvgIpc) is 3.75. The first-order chi connectivity index (χ1) is 34.4. The molecule has 5 heterocycles. The molecule has 0 amide bonds. The van der Waals surface area contributed by atoms with Gasteiger partial charge in [-0.1, -0.05) is 39.3 Å². The molecule has 3 saturated carbocycles. The Morgan fingerprint density at radius 3 is 2.05 bits per heavy atom. The lowest BCUT2D eigenvalue weighted by molar-refractivity contribution is -0.385. The van der Waals surface area contributed by atoms with E-state index in [1.54, 1.807) is 0 Å². The summed E-state index contributed by atoms with van der Waals surface area (Å²) < 4.78 is 54.0. The Kier molecular flexibility index (Phi) is 16.6. The molecule has 73 heavy (non-hydrogen) atoms. The van der Waals surface area contributed by atoms with Crippen LogP contribution >= 0.6 is 0 Å². The molecule has 420 valence electrons. The molecule has 0 aromatic carbocycles. The van der Waals surface area contributed by atoms with Crippen molar-refractivity contribution in [1.29, 1.82) is 0 Å². The minimum atomic E-state index is -1.77. The van der Waals surface area contributed by atoms with E-state index >= 15 is 0 Å². The average molecular weight is 1050 g/mol. The van der Waals surface area contributed by atoms with E-state index in [0.717, 1.165) is 12.0 Å². The van der Waals surface area contributed by atoms with Crippen molar-refractivity contribution in [2.45, 2.75) is 233 Å². The van der Waals surface area contributed by atoms with Crippen LogP contribution in [0.15, 0.2) is 11.6 Å². The van der Waals surface area contributed by atoms with Gasteiger partial charge in [-0.05, 0) is 75.0 Å². The maximum Gasteiger partial charge on any atom is 0.187 e. The number of hydrogen-bond donors (Lipinski definition) is 14. The van der Waals surface area contributed by atoms with Gasteiger partial charge >= 0.3 is 0 Å². The third-order valence-electron chi connectivity index (χ3n) is 19.3. The molecule has 9 rings (SSSR count). The molecule has 0 aromatic rings. The smallest absolute Gasteiger partial charge is 0.187 e. The standard InChI is InChI=1S/C50H82O23/c1-20(18-65-43-38(60)36(58)34(56)29(16-51)69-43)8-13-50(64)21(2)31-28(73-50)15-49(63)26-7-6-23-14-24(9-11-47(23,4)25(26)10-12-48(31,49)5)68-46-42(72-45-39(61)35(57)32(54)22(3)67-45)40(62)41(30(17-52)70-46)71-44-37(59)33(55)27(53)19-66-44/h6,20-22,24-46,51-64H,7-19H2,1-5H3. The summed E-state index contributed by atoms with van der Waals surface area (Å²) >= 11 is 0. The molecule has 4 aliphatic carbocycles. The van der Waals surface area contributed by atoms with Gasteiger partial charge in [0, 0.05) is 30.1 Å². The van der Waals surface area contributed by atoms with Gasteiger partial charge in [-0.15, -0.1) is 0 Å². The molecule has 0 bridgehead atoms. The van der Waals surface area contributed by atoms with E-state index < -0.39 is 159 Å². The summed E-state index contributed by atoms with van der Waals surface area (Å²) in [7, 11) is 0. The molecular formula is C50H82O23. The highest BCUT2D eigenvalue weighted by Crippen LogP contribution is 2.71. The number of ether oxygens (including phenoxy) is 9. The Bertz CT molecular complexity index is 1920. The summed E-state index contributed by atoms with van der Waals surface area (Å²) in [6, 6.07) is 0. The maximum atomic E-state index is 13.1. The van der Waals surface area contributed by atoms with Crippen LogP contribution in [0.25, 0.3) is 0 Å². The first-order valence-electron chi connectivity index (χ1n) is 26.4. The minimum absolute atomic E-state index is 0.0994. The summed E-state index contributed by atoms with van der Waals surface area (Å²) in [5.74, 6) is -2.03. The van der Waals surface area contributed by atoms with E-state index in [9.17, 15) is 71.5 Å². The SMILES string of the molecule is CC(CCC1(O)OC2CC3(O)C4CC=C5CC(OC6OC(CO)C(OC7OCC(O)C(O)C7O)C(O)C6OC6OC(C)C(O)C(O)C6O)CCC5(C)C4CCC3(C)C2C1C)COC1OC(CO)C(O)C(O)C1O. The summed E-state index contributed by atoms with van der Waals surface area (Å²) in [6.45, 7) is 8.20. The van der Waals surface area contributed by atoms with E-state index in [1.165, 1.54) is 6.92 Å². The Hall–Kier alpha value is -1.18. The van der Waals surface area contributed by atoms with Crippen molar-refractivity contribution in [2.24, 2.45) is 40.4 Å². The zero-order valence-corrected chi connectivity index (χ0v) is 42.2. The molecule has 5 saturated heterocycles. The van der Waals surface area contributed by atoms with Gasteiger partial charge in [0.15, 0.2) is 30.9 Å². The molecule has 5 aliphatic heterocycles. The van der Waals surface area contributed by atoms with E-state index in [0.29, 0.717) is 51.4 Å². The van der Waals surface area contributed by atoms with Gasteiger partial charge in [0.05, 0.1) is 50.3 Å². The van der Waals surface area contributed by atoms with Gasteiger partial charge < -0.3 is 114 Å². The zero-order chi connectivity index (χ0) is 52.9. The minimum Gasteiger partial charge on any atom is -0.394 e.